The third kappa shape index (κ3) is 3.16. The Hall–Kier alpha value is -4.42. The molecule has 0 atom stereocenters. The van der Waals surface area contributed by atoms with Crippen LogP contribution in [-0.2, 0) is 5.41 Å². The van der Waals surface area contributed by atoms with Gasteiger partial charge < -0.3 is 0 Å². The van der Waals surface area contributed by atoms with E-state index in [2.05, 4.69) is 53.8 Å². The molecule has 0 aliphatic carbocycles. The van der Waals surface area contributed by atoms with Crippen LogP contribution in [0.5, 0.6) is 0 Å². The normalized spacial score (nSPS) is 11.6. The van der Waals surface area contributed by atoms with Crippen molar-refractivity contribution in [3.63, 3.8) is 0 Å². The third-order valence-corrected chi connectivity index (χ3v) is 6.06. The van der Waals surface area contributed by atoms with Crippen molar-refractivity contribution in [3.05, 3.63) is 89.0 Å². The molecule has 4 nitrogen and oxygen atoms in total. The Morgan fingerprint density at radius 2 is 1.65 bits per heavy atom. The highest BCUT2D eigenvalue weighted by atomic mass is 19.1. The van der Waals surface area contributed by atoms with Gasteiger partial charge in [0.05, 0.1) is 23.2 Å². The van der Waals surface area contributed by atoms with Crippen LogP contribution in [0.2, 0.25) is 0 Å². The van der Waals surface area contributed by atoms with Crippen LogP contribution < -0.4 is 0 Å². The molecule has 0 unspecified atom stereocenters. The highest BCUT2D eigenvalue weighted by molar-refractivity contribution is 6.04. The van der Waals surface area contributed by atoms with Gasteiger partial charge in [0, 0.05) is 5.56 Å². The van der Waals surface area contributed by atoms with Crippen LogP contribution in [0.1, 0.15) is 31.9 Å². The largest absolute Gasteiger partial charge is 0.259 e. The van der Waals surface area contributed by atoms with Gasteiger partial charge in [-0.15, -0.1) is 0 Å². The van der Waals surface area contributed by atoms with Crippen LogP contribution >= 0.6 is 0 Å². The molecular weight excluding hydrogens is 430 g/mol. The summed E-state index contributed by atoms with van der Waals surface area (Å²) >= 11 is 0. The monoisotopic (exact) mass is 448 g/mol. The van der Waals surface area contributed by atoms with E-state index < -0.39 is 22.9 Å². The summed E-state index contributed by atoms with van der Waals surface area (Å²) in [4.78, 5) is 11.3. The van der Waals surface area contributed by atoms with Crippen LogP contribution in [0.15, 0.2) is 54.9 Å². The summed E-state index contributed by atoms with van der Waals surface area (Å²) in [6, 6.07) is 17.9. The van der Waals surface area contributed by atoms with Gasteiger partial charge in [0.1, 0.15) is 23.8 Å². The summed E-state index contributed by atoms with van der Waals surface area (Å²) in [6.45, 7) is 13.5. The Morgan fingerprint density at radius 3 is 2.29 bits per heavy atom. The second kappa shape index (κ2) is 7.57. The molecule has 1 aromatic heterocycles. The molecule has 0 N–H and O–H groups in total. The van der Waals surface area contributed by atoms with Crippen molar-refractivity contribution in [2.75, 3.05) is 0 Å². The molecule has 0 aliphatic heterocycles. The van der Waals surface area contributed by atoms with E-state index in [1.54, 1.807) is 6.07 Å². The fourth-order valence-electron chi connectivity index (χ4n) is 4.45. The van der Waals surface area contributed by atoms with Crippen molar-refractivity contribution < 1.29 is 8.78 Å². The number of aromatic nitrogens is 2. The molecule has 0 saturated heterocycles. The predicted molar refractivity (Wildman–Crippen MR) is 130 cm³/mol. The highest BCUT2D eigenvalue weighted by Crippen LogP contribution is 2.40. The van der Waals surface area contributed by atoms with Gasteiger partial charge in [-0.2, -0.15) is 5.26 Å². The maximum absolute atomic E-state index is 15.4. The van der Waals surface area contributed by atoms with Gasteiger partial charge in [0.15, 0.2) is 5.82 Å². The molecule has 5 rings (SSSR count). The van der Waals surface area contributed by atoms with E-state index in [9.17, 15) is 9.65 Å². The average molecular weight is 448 g/mol. The number of hydrogen-bond acceptors (Lipinski definition) is 3. The first-order valence-corrected chi connectivity index (χ1v) is 10.6. The molecule has 4 aromatic carbocycles. The summed E-state index contributed by atoms with van der Waals surface area (Å²) in [7, 11) is 0. The van der Waals surface area contributed by atoms with Gasteiger partial charge in [-0.05, 0) is 56.8 Å². The second-order valence-electron chi connectivity index (χ2n) is 9.22. The Balaban J connectivity index is 1.94. The number of fused-ring (bicyclic) bond motifs is 3. The Bertz CT molecular complexity index is 1740. The maximum atomic E-state index is 15.4. The fourth-order valence-corrected chi connectivity index (χ4v) is 4.45. The first kappa shape index (κ1) is 21.4. The fraction of sp³-hybridized carbons (Fsp3) is 0.143. The minimum Gasteiger partial charge on any atom is -0.236 e. The Kier molecular flexibility index (Phi) is 4.77. The third-order valence-electron chi connectivity index (χ3n) is 6.06. The minimum absolute atomic E-state index is 0.133. The van der Waals surface area contributed by atoms with E-state index in [0.717, 1.165) is 27.1 Å². The van der Waals surface area contributed by atoms with Crippen molar-refractivity contribution in [3.8, 4) is 17.3 Å². The van der Waals surface area contributed by atoms with Gasteiger partial charge in [0.25, 0.3) is 5.69 Å². The predicted octanol–water partition coefficient (Wildman–Crippen LogP) is 7.60. The van der Waals surface area contributed by atoms with Crippen molar-refractivity contribution >= 4 is 38.1 Å². The summed E-state index contributed by atoms with van der Waals surface area (Å²) < 4.78 is 30.0. The van der Waals surface area contributed by atoms with Crippen molar-refractivity contribution in [1.29, 1.82) is 5.26 Å². The van der Waals surface area contributed by atoms with Crippen LogP contribution in [0.25, 0.3) is 48.6 Å². The highest BCUT2D eigenvalue weighted by Gasteiger charge is 2.26. The van der Waals surface area contributed by atoms with Crippen molar-refractivity contribution in [2.45, 2.75) is 26.2 Å². The maximum Gasteiger partial charge on any atom is 0.259 e. The Labute approximate surface area is 194 Å². The first-order valence-electron chi connectivity index (χ1n) is 10.6. The number of nitrogens with zero attached hydrogens (tertiary/aromatic N) is 4. The SMILES string of the molecule is [C-]#[N+]c1c(F)c(C#N)c2ncnc(-c3cc(C(C)(C)C)c4cc5ccccc5cc4c3)c2c1F. The van der Waals surface area contributed by atoms with E-state index in [-0.39, 0.29) is 22.0 Å². The summed E-state index contributed by atoms with van der Waals surface area (Å²) in [5.74, 6) is -2.26. The van der Waals surface area contributed by atoms with E-state index in [1.807, 2.05) is 30.3 Å². The number of benzene rings is 4. The van der Waals surface area contributed by atoms with Gasteiger partial charge in [0.2, 0.25) is 0 Å². The zero-order valence-electron chi connectivity index (χ0n) is 18.7. The first-order chi connectivity index (χ1) is 16.2. The van der Waals surface area contributed by atoms with Gasteiger partial charge >= 0.3 is 0 Å². The molecule has 34 heavy (non-hydrogen) atoms. The van der Waals surface area contributed by atoms with Crippen molar-refractivity contribution in [2.24, 2.45) is 0 Å². The minimum atomic E-state index is -1.20. The van der Waals surface area contributed by atoms with Gasteiger partial charge in [-0.25, -0.2) is 23.6 Å². The zero-order chi connectivity index (χ0) is 24.2. The number of halogens is 2. The van der Waals surface area contributed by atoms with Gasteiger partial charge in [-0.3, -0.25) is 0 Å². The quantitative estimate of drug-likeness (QED) is 0.196. The molecular formula is C28H18F2N4. The van der Waals surface area contributed by atoms with E-state index in [1.165, 1.54) is 6.33 Å². The van der Waals surface area contributed by atoms with Crippen molar-refractivity contribution in [1.82, 2.24) is 9.97 Å². The number of hydrogen-bond donors (Lipinski definition) is 0. The molecule has 0 bridgehead atoms. The molecule has 0 spiro atoms. The zero-order valence-corrected chi connectivity index (χ0v) is 18.7. The topological polar surface area (TPSA) is 53.9 Å². The van der Waals surface area contributed by atoms with Gasteiger partial charge in [-0.1, -0.05) is 45.0 Å². The molecule has 0 radical (unpaired) electrons. The molecule has 164 valence electrons. The van der Waals surface area contributed by atoms with E-state index in [0.29, 0.717) is 5.56 Å². The smallest absolute Gasteiger partial charge is 0.236 e. The number of nitriles is 1. The summed E-state index contributed by atoms with van der Waals surface area (Å²) in [5, 5.41) is 13.6. The van der Waals surface area contributed by atoms with E-state index in [4.69, 9.17) is 6.57 Å². The molecule has 5 aromatic rings. The summed E-state index contributed by atoms with van der Waals surface area (Å²) in [5.41, 5.74) is 0.160. The van der Waals surface area contributed by atoms with Crippen LogP contribution in [0.3, 0.4) is 0 Å². The lowest BCUT2D eigenvalue weighted by Gasteiger charge is -2.23. The molecule has 1 heterocycles. The molecule has 0 amide bonds. The van der Waals surface area contributed by atoms with Crippen LogP contribution in [-0.4, -0.2) is 9.97 Å². The average Bonchev–Trinajstić information content (AvgIpc) is 2.81. The van der Waals surface area contributed by atoms with Crippen LogP contribution in [0, 0.1) is 29.5 Å². The molecule has 0 aliphatic rings. The standard InChI is InChI=1S/C28H18F2N4/c1-28(2,3)21-12-18(10-17-9-15-7-5-6-8-16(15)11-19(17)21)25-22-24(30)27(32-4)23(29)20(13-31)26(22)34-14-33-25/h5-12,14H,1-3H3. The molecule has 6 heteroatoms. The van der Waals surface area contributed by atoms with E-state index >= 15 is 4.39 Å². The molecule has 0 saturated carbocycles. The Morgan fingerprint density at radius 1 is 0.941 bits per heavy atom. The number of rotatable bonds is 1. The van der Waals surface area contributed by atoms with Crippen LogP contribution in [0.4, 0.5) is 14.5 Å². The second-order valence-corrected chi connectivity index (χ2v) is 9.22. The lowest BCUT2D eigenvalue weighted by molar-refractivity contribution is 0.596. The lowest BCUT2D eigenvalue weighted by atomic mass is 9.81. The lowest BCUT2D eigenvalue weighted by Crippen LogP contribution is -2.12. The summed E-state index contributed by atoms with van der Waals surface area (Å²) in [6.07, 6.45) is 1.19. The molecule has 0 fully saturated rings.